The molecule has 2 nitrogen and oxygen atoms in total. The summed E-state index contributed by atoms with van der Waals surface area (Å²) in [6.45, 7) is 0. The first kappa shape index (κ1) is 7.34. The normalized spacial score (nSPS) is 62.5. The summed E-state index contributed by atoms with van der Waals surface area (Å²) in [5.74, 6) is 2.40. The number of fused-ring (bicyclic) bond motifs is 5. The molecule has 3 rings (SSSR count). The summed E-state index contributed by atoms with van der Waals surface area (Å²) in [7, 11) is 0. The van der Waals surface area contributed by atoms with Crippen LogP contribution in [0.4, 0.5) is 0 Å². The van der Waals surface area contributed by atoms with Gasteiger partial charge in [0.1, 0.15) is 0 Å². The number of aliphatic hydroxyl groups is 2. The van der Waals surface area contributed by atoms with Crippen molar-refractivity contribution in [3.05, 3.63) is 0 Å². The van der Waals surface area contributed by atoms with Gasteiger partial charge in [0.25, 0.3) is 0 Å². The van der Waals surface area contributed by atoms with Gasteiger partial charge in [0, 0.05) is 0 Å². The van der Waals surface area contributed by atoms with Crippen LogP contribution in [0.1, 0.15) is 25.7 Å². The zero-order chi connectivity index (χ0) is 8.29. The minimum absolute atomic E-state index is 0.0402. The van der Waals surface area contributed by atoms with E-state index in [-0.39, 0.29) is 12.2 Å². The second kappa shape index (κ2) is 2.24. The Morgan fingerprint density at radius 2 is 1.67 bits per heavy atom. The van der Waals surface area contributed by atoms with Crippen LogP contribution in [-0.4, -0.2) is 22.4 Å². The molecule has 0 aliphatic heterocycles. The van der Waals surface area contributed by atoms with E-state index in [2.05, 4.69) is 0 Å². The maximum absolute atomic E-state index is 9.73. The van der Waals surface area contributed by atoms with Gasteiger partial charge in [0.15, 0.2) is 0 Å². The molecule has 0 spiro atoms. The van der Waals surface area contributed by atoms with E-state index in [1.54, 1.807) is 0 Å². The Morgan fingerprint density at radius 3 is 2.50 bits per heavy atom. The van der Waals surface area contributed by atoms with Gasteiger partial charge in [-0.25, -0.2) is 0 Å². The van der Waals surface area contributed by atoms with Gasteiger partial charge >= 0.3 is 0 Å². The van der Waals surface area contributed by atoms with Crippen LogP contribution < -0.4 is 0 Å². The monoisotopic (exact) mass is 168 g/mol. The molecule has 68 valence electrons. The highest BCUT2D eigenvalue weighted by molar-refractivity contribution is 5.05. The highest BCUT2D eigenvalue weighted by Gasteiger charge is 2.56. The van der Waals surface area contributed by atoms with Gasteiger partial charge in [0.05, 0.1) is 12.2 Å². The van der Waals surface area contributed by atoms with Crippen molar-refractivity contribution < 1.29 is 10.2 Å². The Balaban J connectivity index is 1.89. The minimum Gasteiger partial charge on any atom is -0.393 e. The van der Waals surface area contributed by atoms with E-state index < -0.39 is 0 Å². The molecule has 3 aliphatic rings. The van der Waals surface area contributed by atoms with Crippen LogP contribution in [0, 0.1) is 23.7 Å². The molecule has 1 unspecified atom stereocenters. The van der Waals surface area contributed by atoms with Crippen molar-refractivity contribution in [3.63, 3.8) is 0 Å². The van der Waals surface area contributed by atoms with Gasteiger partial charge in [-0.3, -0.25) is 0 Å². The lowest BCUT2D eigenvalue weighted by molar-refractivity contribution is 0.0296. The van der Waals surface area contributed by atoms with Crippen molar-refractivity contribution >= 4 is 0 Å². The molecule has 2 N–H and O–H groups in total. The molecule has 2 bridgehead atoms. The molecular weight excluding hydrogens is 152 g/mol. The maximum atomic E-state index is 9.73. The number of rotatable bonds is 0. The predicted octanol–water partition coefficient (Wildman–Crippen LogP) is 0.774. The summed E-state index contributed by atoms with van der Waals surface area (Å²) in [5.41, 5.74) is 0. The third kappa shape index (κ3) is 0.728. The Morgan fingerprint density at radius 1 is 0.833 bits per heavy atom. The molecule has 2 heteroatoms. The highest BCUT2D eigenvalue weighted by Crippen LogP contribution is 2.58. The van der Waals surface area contributed by atoms with Crippen molar-refractivity contribution in [2.45, 2.75) is 37.9 Å². The highest BCUT2D eigenvalue weighted by atomic mass is 16.3. The second-order valence-corrected chi connectivity index (χ2v) is 4.85. The maximum Gasteiger partial charge on any atom is 0.0574 e. The van der Waals surface area contributed by atoms with Gasteiger partial charge in [-0.1, -0.05) is 0 Å². The third-order valence-electron chi connectivity index (χ3n) is 4.44. The Labute approximate surface area is 72.6 Å². The fourth-order valence-electron chi connectivity index (χ4n) is 4.06. The zero-order valence-electron chi connectivity index (χ0n) is 7.19. The first-order chi connectivity index (χ1) is 5.77. The van der Waals surface area contributed by atoms with Crippen molar-refractivity contribution in [2.75, 3.05) is 0 Å². The molecule has 0 aromatic heterocycles. The van der Waals surface area contributed by atoms with Gasteiger partial charge in [-0.05, 0) is 49.4 Å². The molecule has 12 heavy (non-hydrogen) atoms. The van der Waals surface area contributed by atoms with E-state index in [0.29, 0.717) is 23.7 Å². The summed E-state index contributed by atoms with van der Waals surface area (Å²) in [5, 5.41) is 19.4. The SMILES string of the molecule is OC1C[C@@H]2C[C@H]1[C@@H]1CC[C@H](O)[C@H]21. The van der Waals surface area contributed by atoms with Crippen molar-refractivity contribution in [2.24, 2.45) is 23.7 Å². The lowest BCUT2D eigenvalue weighted by Gasteiger charge is -2.29. The average Bonchev–Trinajstić information content (AvgIpc) is 2.62. The van der Waals surface area contributed by atoms with Crippen LogP contribution >= 0.6 is 0 Å². The minimum atomic E-state index is -0.0440. The number of hydrogen-bond donors (Lipinski definition) is 2. The van der Waals surface area contributed by atoms with Crippen LogP contribution in [0.15, 0.2) is 0 Å². The van der Waals surface area contributed by atoms with Crippen molar-refractivity contribution in [1.29, 1.82) is 0 Å². The summed E-state index contributed by atoms with van der Waals surface area (Å²) in [6, 6.07) is 0. The van der Waals surface area contributed by atoms with Crippen LogP contribution in [0.5, 0.6) is 0 Å². The van der Waals surface area contributed by atoms with Crippen molar-refractivity contribution in [1.82, 2.24) is 0 Å². The predicted molar refractivity (Wildman–Crippen MR) is 44.4 cm³/mol. The molecule has 3 fully saturated rings. The second-order valence-electron chi connectivity index (χ2n) is 4.85. The first-order valence-corrected chi connectivity index (χ1v) is 5.13. The fraction of sp³-hybridized carbons (Fsp3) is 1.00. The Kier molecular flexibility index (Phi) is 1.37. The zero-order valence-corrected chi connectivity index (χ0v) is 7.19. The van der Waals surface area contributed by atoms with Gasteiger partial charge in [0.2, 0.25) is 0 Å². The smallest absolute Gasteiger partial charge is 0.0574 e. The largest absolute Gasteiger partial charge is 0.393 e. The summed E-state index contributed by atoms with van der Waals surface area (Å²) in [6.07, 6.45) is 4.20. The quantitative estimate of drug-likeness (QED) is 0.561. The third-order valence-corrected chi connectivity index (χ3v) is 4.44. The summed E-state index contributed by atoms with van der Waals surface area (Å²) >= 11 is 0. The summed E-state index contributed by atoms with van der Waals surface area (Å²) in [4.78, 5) is 0. The fourth-order valence-corrected chi connectivity index (χ4v) is 4.06. The van der Waals surface area contributed by atoms with E-state index in [1.165, 1.54) is 6.42 Å². The van der Waals surface area contributed by atoms with Crippen molar-refractivity contribution in [3.8, 4) is 0 Å². The molecule has 6 atom stereocenters. The van der Waals surface area contributed by atoms with Crippen LogP contribution in [0.2, 0.25) is 0 Å². The van der Waals surface area contributed by atoms with E-state index in [0.717, 1.165) is 19.3 Å². The number of aliphatic hydroxyl groups excluding tert-OH is 2. The van der Waals surface area contributed by atoms with Gasteiger partial charge < -0.3 is 10.2 Å². The van der Waals surface area contributed by atoms with Crippen LogP contribution in [0.25, 0.3) is 0 Å². The lowest BCUT2D eigenvalue weighted by Crippen LogP contribution is -2.31. The molecule has 3 saturated carbocycles. The van der Waals surface area contributed by atoms with E-state index >= 15 is 0 Å². The van der Waals surface area contributed by atoms with E-state index in [4.69, 9.17) is 0 Å². The lowest BCUT2D eigenvalue weighted by atomic mass is 9.79. The summed E-state index contributed by atoms with van der Waals surface area (Å²) < 4.78 is 0. The van der Waals surface area contributed by atoms with E-state index in [9.17, 15) is 10.2 Å². The van der Waals surface area contributed by atoms with E-state index in [1.807, 2.05) is 0 Å². The van der Waals surface area contributed by atoms with Gasteiger partial charge in [-0.2, -0.15) is 0 Å². The molecule has 0 aromatic rings. The Hall–Kier alpha value is -0.0800. The van der Waals surface area contributed by atoms with Crippen LogP contribution in [-0.2, 0) is 0 Å². The molecule has 0 aromatic carbocycles. The number of hydrogen-bond acceptors (Lipinski definition) is 2. The molecule has 3 aliphatic carbocycles. The standard InChI is InChI=1S/C10H16O2/c11-8-2-1-6-7-3-5(10(6)8)4-9(7)12/h5-12H,1-4H2/t5-,6-,7-,8-,9?,10+/m0/s1. The molecular formula is C10H16O2. The topological polar surface area (TPSA) is 40.5 Å². The molecule has 0 saturated heterocycles. The van der Waals surface area contributed by atoms with Crippen LogP contribution in [0.3, 0.4) is 0 Å². The molecule has 0 radical (unpaired) electrons. The first-order valence-electron chi connectivity index (χ1n) is 5.13. The van der Waals surface area contributed by atoms with Gasteiger partial charge in [-0.15, -0.1) is 0 Å². The molecule has 0 amide bonds. The Bertz CT molecular complexity index is 204. The molecule has 0 heterocycles. The average molecular weight is 168 g/mol.